The van der Waals surface area contributed by atoms with Crippen LogP contribution in [0.15, 0.2) is 24.3 Å². The van der Waals surface area contributed by atoms with Crippen LogP contribution in [0.4, 0.5) is 0 Å². The van der Waals surface area contributed by atoms with Crippen molar-refractivity contribution in [3.05, 3.63) is 24.3 Å². The first-order valence-corrected chi connectivity index (χ1v) is 36.0. The summed E-state index contributed by atoms with van der Waals surface area (Å²) in [5, 5.41) is 46.2. The van der Waals surface area contributed by atoms with Gasteiger partial charge in [-0.1, -0.05) is 334 Å². The van der Waals surface area contributed by atoms with Gasteiger partial charge in [0.25, 0.3) is 0 Å². The molecule has 0 fully saturated rings. The second-order valence-electron chi connectivity index (χ2n) is 24.9. The molecule has 0 aliphatic heterocycles. The lowest BCUT2D eigenvalue weighted by Crippen LogP contribution is -2.45. The van der Waals surface area contributed by atoms with Crippen molar-refractivity contribution < 1.29 is 34.8 Å². The summed E-state index contributed by atoms with van der Waals surface area (Å²) in [7, 11) is 0. The number of amides is 2. The Labute approximate surface area is 503 Å². The first-order chi connectivity index (χ1) is 39.9. The number of rotatable bonds is 68. The zero-order chi connectivity index (χ0) is 58.8. The molecule has 0 aliphatic carbocycles. The molecule has 2 amide bonds. The predicted molar refractivity (Wildman–Crippen MR) is 349 cm³/mol. The van der Waals surface area contributed by atoms with Crippen LogP contribution in [0.1, 0.15) is 373 Å². The summed E-state index contributed by atoms with van der Waals surface area (Å²) in [6.07, 6.45) is 75.6. The monoisotopic (exact) mass is 1150 g/mol. The van der Waals surface area contributed by atoms with Crippen molar-refractivity contribution in [2.45, 2.75) is 398 Å². The number of aliphatic hydroxyl groups is 4. The first-order valence-electron chi connectivity index (χ1n) is 36.0. The number of aliphatic hydroxyl groups excluding tert-OH is 4. The van der Waals surface area contributed by atoms with Gasteiger partial charge in [-0.25, -0.2) is 0 Å². The van der Waals surface area contributed by atoms with Crippen molar-refractivity contribution in [3.63, 3.8) is 0 Å². The van der Waals surface area contributed by atoms with Crippen LogP contribution < -0.4 is 10.6 Å². The molecule has 480 valence electrons. The van der Waals surface area contributed by atoms with Gasteiger partial charge >= 0.3 is 0 Å². The molecule has 0 aromatic rings. The number of allylic oxidation sites excluding steroid dienone is 2. The molecule has 0 aromatic carbocycles. The maximum atomic E-state index is 12.5. The number of hydrogen-bond donors (Lipinski definition) is 6. The second-order valence-corrected chi connectivity index (χ2v) is 24.9. The Morgan fingerprint density at radius 3 is 0.765 bits per heavy atom. The standard InChI is InChI=1S/C72H140N2O7/c1-3-5-7-9-11-13-15-23-29-35-41-47-53-59-69(77)67(65-75)73-71(79)61-55-49-43-37-31-25-19-17-21-27-33-39-45-51-57-63-81-64-58-52-46-40-34-28-22-18-20-26-32-38-44-50-56-62-72(80)74-68(66-76)70(78)60-54-48-42-36-30-24-16-14-12-10-8-6-4-2/h53-54,59-60,67-70,75-78H,3-52,55-58,61-66H2,1-2H3,(H,73,79)(H,74,80)/b59-53+,60-54+/t67-,68-,69+,70+/m0/s1. The van der Waals surface area contributed by atoms with Crippen LogP contribution in [0.5, 0.6) is 0 Å². The van der Waals surface area contributed by atoms with Gasteiger partial charge in [-0.3, -0.25) is 9.59 Å². The van der Waals surface area contributed by atoms with E-state index in [1.54, 1.807) is 12.2 Å². The number of nitrogens with one attached hydrogen (secondary N) is 2. The summed E-state index contributed by atoms with van der Waals surface area (Å²) < 4.78 is 5.94. The Morgan fingerprint density at radius 2 is 0.531 bits per heavy atom. The summed E-state index contributed by atoms with van der Waals surface area (Å²) in [6.45, 7) is 5.88. The van der Waals surface area contributed by atoms with Gasteiger partial charge in [-0.2, -0.15) is 0 Å². The molecule has 4 atom stereocenters. The predicted octanol–water partition coefficient (Wildman–Crippen LogP) is 19.7. The van der Waals surface area contributed by atoms with E-state index in [2.05, 4.69) is 24.5 Å². The molecular weight excluding hydrogens is 1000 g/mol. The number of carbonyl (C=O) groups is 2. The van der Waals surface area contributed by atoms with E-state index in [0.717, 1.165) is 64.6 Å². The molecule has 0 saturated heterocycles. The number of hydrogen-bond acceptors (Lipinski definition) is 7. The van der Waals surface area contributed by atoms with Crippen LogP contribution in [0.3, 0.4) is 0 Å². The van der Waals surface area contributed by atoms with E-state index in [1.165, 1.54) is 295 Å². The van der Waals surface area contributed by atoms with Gasteiger partial charge in [-0.15, -0.1) is 0 Å². The first kappa shape index (κ1) is 79.2. The molecule has 0 aromatic heterocycles. The van der Waals surface area contributed by atoms with Gasteiger partial charge in [0, 0.05) is 26.1 Å². The Hall–Kier alpha value is -1.78. The largest absolute Gasteiger partial charge is 0.394 e. The lowest BCUT2D eigenvalue weighted by atomic mass is 10.0. The van der Waals surface area contributed by atoms with Gasteiger partial charge in [0.1, 0.15) is 0 Å². The summed E-state index contributed by atoms with van der Waals surface area (Å²) in [4.78, 5) is 24.9. The fourth-order valence-electron chi connectivity index (χ4n) is 11.3. The zero-order valence-electron chi connectivity index (χ0n) is 54.1. The Balaban J connectivity index is 3.43. The molecule has 81 heavy (non-hydrogen) atoms. The highest BCUT2D eigenvalue weighted by molar-refractivity contribution is 5.76. The number of carbonyl (C=O) groups excluding carboxylic acids is 2. The van der Waals surface area contributed by atoms with Crippen LogP contribution in [-0.4, -0.2) is 83.0 Å². The van der Waals surface area contributed by atoms with Gasteiger partial charge in [0.15, 0.2) is 0 Å². The van der Waals surface area contributed by atoms with E-state index >= 15 is 0 Å². The van der Waals surface area contributed by atoms with E-state index in [0.29, 0.717) is 12.8 Å². The minimum atomic E-state index is -0.848. The molecule has 0 aliphatic rings. The highest BCUT2D eigenvalue weighted by atomic mass is 16.5. The van der Waals surface area contributed by atoms with Crippen molar-refractivity contribution in [2.75, 3.05) is 26.4 Å². The third-order valence-electron chi connectivity index (χ3n) is 16.9. The van der Waals surface area contributed by atoms with Gasteiger partial charge < -0.3 is 35.8 Å². The van der Waals surface area contributed by atoms with Gasteiger partial charge in [-0.05, 0) is 51.4 Å². The molecule has 0 spiro atoms. The lowest BCUT2D eigenvalue weighted by Gasteiger charge is -2.20. The van der Waals surface area contributed by atoms with Crippen LogP contribution in [0.25, 0.3) is 0 Å². The molecular formula is C72H140N2O7. The van der Waals surface area contributed by atoms with Crippen LogP contribution in [0.2, 0.25) is 0 Å². The molecule has 9 heteroatoms. The van der Waals surface area contributed by atoms with E-state index in [9.17, 15) is 30.0 Å². The molecule has 0 radical (unpaired) electrons. The Bertz CT molecular complexity index is 1220. The second kappa shape index (κ2) is 67.3. The SMILES string of the molecule is CCCCCCCCCCCCC/C=C/[C@@H](O)[C@H](CO)NC(=O)CCCCCCCCCCCCCCCCCOCCCCCCCCCCCCCCCCCC(=O)N[C@@H](CO)[C@H](O)/C=C/CCCCCCCCCCCCC. The molecule has 0 heterocycles. The minimum Gasteiger partial charge on any atom is -0.394 e. The highest BCUT2D eigenvalue weighted by Gasteiger charge is 2.19. The maximum Gasteiger partial charge on any atom is 0.220 e. The fraction of sp³-hybridized carbons (Fsp3) is 0.917. The van der Waals surface area contributed by atoms with Crippen LogP contribution in [0, 0.1) is 0 Å². The summed E-state index contributed by atoms with van der Waals surface area (Å²) >= 11 is 0. The van der Waals surface area contributed by atoms with Crippen molar-refractivity contribution in [1.29, 1.82) is 0 Å². The van der Waals surface area contributed by atoms with Crippen molar-refractivity contribution in [1.82, 2.24) is 10.6 Å². The van der Waals surface area contributed by atoms with Crippen LogP contribution >= 0.6 is 0 Å². The van der Waals surface area contributed by atoms with Crippen molar-refractivity contribution in [2.24, 2.45) is 0 Å². The van der Waals surface area contributed by atoms with Gasteiger partial charge in [0.05, 0.1) is 37.5 Å². The fourth-order valence-corrected chi connectivity index (χ4v) is 11.3. The molecule has 6 N–H and O–H groups in total. The Kier molecular flexibility index (Phi) is 65.9. The Morgan fingerprint density at radius 1 is 0.321 bits per heavy atom. The summed E-state index contributed by atoms with van der Waals surface area (Å²) in [5.74, 6) is -0.143. The maximum absolute atomic E-state index is 12.5. The van der Waals surface area contributed by atoms with E-state index < -0.39 is 24.3 Å². The highest BCUT2D eigenvalue weighted by Crippen LogP contribution is 2.18. The molecule has 0 saturated carbocycles. The van der Waals surface area contributed by atoms with E-state index in [-0.39, 0.29) is 25.0 Å². The summed E-state index contributed by atoms with van der Waals surface area (Å²) in [6, 6.07) is -1.26. The third-order valence-corrected chi connectivity index (χ3v) is 16.9. The lowest BCUT2D eigenvalue weighted by molar-refractivity contribution is -0.123. The quantitative estimate of drug-likeness (QED) is 0.0262. The summed E-state index contributed by atoms with van der Waals surface area (Å²) in [5.41, 5.74) is 0. The normalized spacial score (nSPS) is 13.4. The zero-order valence-corrected chi connectivity index (χ0v) is 54.1. The molecule has 0 rings (SSSR count). The van der Waals surface area contributed by atoms with Crippen LogP contribution in [-0.2, 0) is 14.3 Å². The molecule has 0 bridgehead atoms. The smallest absolute Gasteiger partial charge is 0.220 e. The topological polar surface area (TPSA) is 148 Å². The average Bonchev–Trinajstić information content (AvgIpc) is 3.47. The van der Waals surface area contributed by atoms with Crippen molar-refractivity contribution >= 4 is 11.8 Å². The van der Waals surface area contributed by atoms with Crippen molar-refractivity contribution in [3.8, 4) is 0 Å². The average molecular weight is 1150 g/mol. The third kappa shape index (κ3) is 61.1. The van der Waals surface area contributed by atoms with E-state index in [4.69, 9.17) is 4.74 Å². The number of ether oxygens (including phenoxy) is 1. The molecule has 9 nitrogen and oxygen atoms in total. The minimum absolute atomic E-state index is 0.0715. The number of unbranched alkanes of at least 4 members (excludes halogenated alkanes) is 50. The van der Waals surface area contributed by atoms with E-state index in [1.807, 2.05) is 12.2 Å². The van der Waals surface area contributed by atoms with Gasteiger partial charge in [0.2, 0.25) is 11.8 Å². The molecule has 0 unspecified atom stereocenters.